The maximum absolute atomic E-state index is 13.2. The van der Waals surface area contributed by atoms with Crippen LogP contribution in [0.25, 0.3) is 11.0 Å². The normalized spacial score (nSPS) is 21.1. The average Bonchev–Trinajstić information content (AvgIpc) is 3.50. The monoisotopic (exact) mass is 532 g/mol. The fourth-order valence-electron chi connectivity index (χ4n) is 5.20. The molecule has 0 saturated heterocycles. The van der Waals surface area contributed by atoms with Crippen LogP contribution in [0.4, 0.5) is 0 Å². The Hall–Kier alpha value is -2.35. The Morgan fingerprint density at radius 3 is 2.74 bits per heavy atom. The SMILES string of the molecule is COc1ccc(CCC2(C3CCCC3)CC(O)=C(Sc3nc4ccc(Cl)cc4[nH]3)C(=O)O2)cc1Cl. The van der Waals surface area contributed by atoms with E-state index in [1.807, 2.05) is 24.3 Å². The molecule has 1 unspecified atom stereocenters. The maximum atomic E-state index is 13.2. The van der Waals surface area contributed by atoms with Gasteiger partial charge in [0.05, 0.1) is 23.2 Å². The predicted molar refractivity (Wildman–Crippen MR) is 138 cm³/mol. The topological polar surface area (TPSA) is 84.4 Å². The first-order chi connectivity index (χ1) is 16.9. The van der Waals surface area contributed by atoms with Gasteiger partial charge in [-0.25, -0.2) is 9.78 Å². The molecular weight excluding hydrogens is 507 g/mol. The number of cyclic esters (lactones) is 1. The number of carbonyl (C=O) groups is 1. The number of halogens is 2. The number of imidazole rings is 1. The largest absolute Gasteiger partial charge is 0.511 e. The van der Waals surface area contributed by atoms with Crippen molar-refractivity contribution in [2.45, 2.75) is 55.7 Å². The summed E-state index contributed by atoms with van der Waals surface area (Å²) in [5.74, 6) is 0.392. The third-order valence-corrected chi connectivity index (χ3v) is 8.51. The molecule has 3 aromatic rings. The molecule has 1 aromatic heterocycles. The summed E-state index contributed by atoms with van der Waals surface area (Å²) in [5, 5.41) is 12.7. The highest BCUT2D eigenvalue weighted by molar-refractivity contribution is 8.03. The molecule has 1 saturated carbocycles. The average molecular weight is 533 g/mol. The second-order valence-corrected chi connectivity index (χ2v) is 11.0. The van der Waals surface area contributed by atoms with Crippen molar-refractivity contribution in [1.82, 2.24) is 9.97 Å². The van der Waals surface area contributed by atoms with Crippen LogP contribution in [-0.4, -0.2) is 33.8 Å². The number of aryl methyl sites for hydroxylation is 1. The van der Waals surface area contributed by atoms with Gasteiger partial charge in [-0.05, 0) is 79.3 Å². The lowest BCUT2D eigenvalue weighted by Crippen LogP contribution is -2.45. The van der Waals surface area contributed by atoms with E-state index in [1.54, 1.807) is 19.2 Å². The van der Waals surface area contributed by atoms with E-state index in [2.05, 4.69) is 9.97 Å². The minimum atomic E-state index is -0.741. The molecule has 1 fully saturated rings. The number of carbonyl (C=O) groups excluding carboxylic acids is 1. The van der Waals surface area contributed by atoms with E-state index in [4.69, 9.17) is 32.7 Å². The molecular formula is C26H26Cl2N2O4S. The maximum Gasteiger partial charge on any atom is 0.349 e. The highest BCUT2D eigenvalue weighted by atomic mass is 35.5. The zero-order chi connectivity index (χ0) is 24.6. The number of fused-ring (bicyclic) bond motifs is 1. The molecule has 6 nitrogen and oxygen atoms in total. The number of ether oxygens (including phenoxy) is 2. The number of hydrogen-bond donors (Lipinski definition) is 2. The molecule has 9 heteroatoms. The van der Waals surface area contributed by atoms with Crippen molar-refractivity contribution in [2.75, 3.05) is 7.11 Å². The first-order valence-electron chi connectivity index (χ1n) is 11.7. The van der Waals surface area contributed by atoms with E-state index in [-0.39, 0.29) is 16.6 Å². The second-order valence-electron chi connectivity index (χ2n) is 9.16. The van der Waals surface area contributed by atoms with Gasteiger partial charge in [-0.15, -0.1) is 0 Å². The van der Waals surface area contributed by atoms with Gasteiger partial charge in [0.15, 0.2) is 5.16 Å². The summed E-state index contributed by atoms with van der Waals surface area (Å²) >= 11 is 13.5. The van der Waals surface area contributed by atoms with Crippen LogP contribution in [0.1, 0.15) is 44.1 Å². The molecule has 0 spiro atoms. The van der Waals surface area contributed by atoms with Crippen LogP contribution in [0, 0.1) is 5.92 Å². The highest BCUT2D eigenvalue weighted by Gasteiger charge is 2.48. The number of thioether (sulfide) groups is 1. The Morgan fingerprint density at radius 1 is 1.23 bits per heavy atom. The summed E-state index contributed by atoms with van der Waals surface area (Å²) in [4.78, 5) is 21.1. The van der Waals surface area contributed by atoms with Gasteiger partial charge in [0.1, 0.15) is 22.0 Å². The Labute approximate surface area is 218 Å². The van der Waals surface area contributed by atoms with E-state index >= 15 is 0 Å². The second kappa shape index (κ2) is 9.96. The molecule has 2 aromatic carbocycles. The third-order valence-electron chi connectivity index (χ3n) is 6.98. The highest BCUT2D eigenvalue weighted by Crippen LogP contribution is 2.48. The Balaban J connectivity index is 1.39. The molecule has 0 radical (unpaired) electrons. The standard InChI is InChI=1S/C26H26Cl2N2O4S/c1-33-22-9-6-15(12-18(22)28)10-11-26(16-4-2-3-5-16)14-21(31)23(24(32)34-26)35-25-29-19-8-7-17(27)13-20(19)30-25/h6-9,12-13,16,31H,2-5,10-11,14H2,1H3,(H,29,30). The Bertz CT molecular complexity index is 1300. The van der Waals surface area contributed by atoms with E-state index in [1.165, 1.54) is 0 Å². The number of esters is 1. The third kappa shape index (κ3) is 4.99. The molecule has 35 heavy (non-hydrogen) atoms. The van der Waals surface area contributed by atoms with Crippen LogP contribution < -0.4 is 4.74 Å². The van der Waals surface area contributed by atoms with Crippen molar-refractivity contribution in [1.29, 1.82) is 0 Å². The van der Waals surface area contributed by atoms with Crippen LogP contribution in [0.3, 0.4) is 0 Å². The van der Waals surface area contributed by atoms with Gasteiger partial charge >= 0.3 is 5.97 Å². The molecule has 184 valence electrons. The number of aromatic nitrogens is 2. The summed E-state index contributed by atoms with van der Waals surface area (Å²) in [6, 6.07) is 11.1. The molecule has 5 rings (SSSR count). The number of methoxy groups -OCH3 is 1. The Kier molecular flexibility index (Phi) is 6.93. The van der Waals surface area contributed by atoms with Crippen LogP contribution >= 0.6 is 35.0 Å². The Morgan fingerprint density at radius 2 is 2.03 bits per heavy atom. The van der Waals surface area contributed by atoms with E-state index in [0.29, 0.717) is 40.2 Å². The molecule has 1 aliphatic heterocycles. The summed E-state index contributed by atoms with van der Waals surface area (Å²) in [6.07, 6.45) is 5.75. The van der Waals surface area contributed by atoms with Crippen molar-refractivity contribution in [3.63, 3.8) is 0 Å². The van der Waals surface area contributed by atoms with Gasteiger partial charge in [-0.1, -0.05) is 42.1 Å². The first-order valence-corrected chi connectivity index (χ1v) is 13.2. The molecule has 1 aliphatic carbocycles. The molecule has 2 heterocycles. The van der Waals surface area contributed by atoms with Crippen LogP contribution in [0.5, 0.6) is 5.75 Å². The molecule has 0 bridgehead atoms. The smallest absolute Gasteiger partial charge is 0.349 e. The van der Waals surface area contributed by atoms with Crippen molar-refractivity contribution >= 4 is 52.0 Å². The molecule has 2 N–H and O–H groups in total. The van der Waals surface area contributed by atoms with Gasteiger partial charge in [0.25, 0.3) is 0 Å². The summed E-state index contributed by atoms with van der Waals surface area (Å²) < 4.78 is 11.5. The fraction of sp³-hybridized carbons (Fsp3) is 0.385. The van der Waals surface area contributed by atoms with Gasteiger partial charge in [0, 0.05) is 11.4 Å². The minimum absolute atomic E-state index is 0.0596. The number of aliphatic hydroxyl groups excluding tert-OH is 1. The van der Waals surface area contributed by atoms with E-state index in [9.17, 15) is 9.90 Å². The van der Waals surface area contributed by atoms with Crippen LogP contribution in [0.15, 0.2) is 52.2 Å². The van der Waals surface area contributed by atoms with Crippen molar-refractivity contribution in [3.8, 4) is 5.75 Å². The number of aromatic amines is 1. The summed E-state index contributed by atoms with van der Waals surface area (Å²) in [6.45, 7) is 0. The predicted octanol–water partition coefficient (Wildman–Crippen LogP) is 7.25. The van der Waals surface area contributed by atoms with E-state index < -0.39 is 11.6 Å². The fourth-order valence-corrected chi connectivity index (χ4v) is 6.46. The van der Waals surface area contributed by atoms with Gasteiger partial charge in [-0.3, -0.25) is 0 Å². The lowest BCUT2D eigenvalue weighted by atomic mass is 9.77. The van der Waals surface area contributed by atoms with E-state index in [0.717, 1.165) is 54.0 Å². The molecule has 1 atom stereocenters. The van der Waals surface area contributed by atoms with Crippen molar-refractivity contribution in [3.05, 3.63) is 62.7 Å². The van der Waals surface area contributed by atoms with Gasteiger partial charge in [-0.2, -0.15) is 0 Å². The summed E-state index contributed by atoms with van der Waals surface area (Å²) in [7, 11) is 1.59. The van der Waals surface area contributed by atoms with Gasteiger partial charge in [0.2, 0.25) is 0 Å². The number of rotatable bonds is 7. The first kappa shape index (κ1) is 24.3. The number of hydrogen-bond acceptors (Lipinski definition) is 6. The van der Waals surface area contributed by atoms with Crippen LogP contribution in [0.2, 0.25) is 10.0 Å². The van der Waals surface area contributed by atoms with Crippen molar-refractivity contribution in [2.24, 2.45) is 5.92 Å². The minimum Gasteiger partial charge on any atom is -0.511 e. The molecule has 0 amide bonds. The quantitative estimate of drug-likeness (QED) is 0.311. The lowest BCUT2D eigenvalue weighted by molar-refractivity contribution is -0.166. The molecule has 2 aliphatic rings. The number of benzene rings is 2. The zero-order valence-corrected chi connectivity index (χ0v) is 21.6. The number of aliphatic hydroxyl groups is 1. The summed E-state index contributed by atoms with van der Waals surface area (Å²) in [5.41, 5.74) is 1.80. The van der Waals surface area contributed by atoms with Crippen LogP contribution in [-0.2, 0) is 16.0 Å². The number of nitrogens with zero attached hydrogens (tertiary/aromatic N) is 1. The lowest BCUT2D eigenvalue weighted by Gasteiger charge is -2.41. The van der Waals surface area contributed by atoms with Crippen molar-refractivity contribution < 1.29 is 19.4 Å². The number of H-pyrrole nitrogens is 1. The number of nitrogens with one attached hydrogen (secondary N) is 1. The zero-order valence-electron chi connectivity index (χ0n) is 19.3. The van der Waals surface area contributed by atoms with Gasteiger partial charge < -0.3 is 19.6 Å².